The van der Waals surface area contributed by atoms with Crippen molar-refractivity contribution >= 4 is 35.1 Å². The van der Waals surface area contributed by atoms with Crippen molar-refractivity contribution in [2.24, 2.45) is 0 Å². The SMILES string of the molecule is CN(C)CCCSc1nc2ccccc2cc1-c1ccccc1.Cl. The van der Waals surface area contributed by atoms with E-state index in [9.17, 15) is 0 Å². The van der Waals surface area contributed by atoms with Gasteiger partial charge in [0.25, 0.3) is 0 Å². The van der Waals surface area contributed by atoms with Crippen LogP contribution in [0.3, 0.4) is 0 Å². The Morgan fingerprint density at radius 1 is 0.958 bits per heavy atom. The van der Waals surface area contributed by atoms with E-state index in [0.29, 0.717) is 0 Å². The maximum absolute atomic E-state index is 4.92. The van der Waals surface area contributed by atoms with Crippen LogP contribution in [0.4, 0.5) is 0 Å². The Hall–Kier alpha value is -1.55. The van der Waals surface area contributed by atoms with E-state index in [1.807, 2.05) is 11.8 Å². The molecule has 4 heteroatoms. The minimum absolute atomic E-state index is 0. The fourth-order valence-corrected chi connectivity index (χ4v) is 3.54. The molecule has 0 N–H and O–H groups in total. The first kappa shape index (κ1) is 18.8. The predicted molar refractivity (Wildman–Crippen MR) is 108 cm³/mol. The molecule has 24 heavy (non-hydrogen) atoms. The number of fused-ring (bicyclic) bond motifs is 1. The monoisotopic (exact) mass is 358 g/mol. The molecule has 0 atom stereocenters. The summed E-state index contributed by atoms with van der Waals surface area (Å²) in [6.07, 6.45) is 1.17. The molecule has 1 heterocycles. The molecule has 0 amide bonds. The van der Waals surface area contributed by atoms with Gasteiger partial charge in [-0.05, 0) is 44.8 Å². The minimum atomic E-state index is 0. The molecule has 0 aliphatic heterocycles. The van der Waals surface area contributed by atoms with Crippen LogP contribution in [0, 0.1) is 0 Å². The van der Waals surface area contributed by atoms with Crippen LogP contribution in [-0.4, -0.2) is 36.3 Å². The Labute approximate surface area is 154 Å². The zero-order valence-corrected chi connectivity index (χ0v) is 15.7. The highest BCUT2D eigenvalue weighted by Crippen LogP contribution is 2.33. The maximum Gasteiger partial charge on any atom is 0.105 e. The summed E-state index contributed by atoms with van der Waals surface area (Å²) in [5.41, 5.74) is 3.54. The van der Waals surface area contributed by atoms with Gasteiger partial charge in [-0.15, -0.1) is 24.2 Å². The van der Waals surface area contributed by atoms with Crippen molar-refractivity contribution in [3.05, 3.63) is 60.7 Å². The number of para-hydroxylation sites is 1. The molecular weight excluding hydrogens is 336 g/mol. The summed E-state index contributed by atoms with van der Waals surface area (Å²) >= 11 is 1.86. The average Bonchev–Trinajstić information content (AvgIpc) is 2.58. The molecule has 0 spiro atoms. The van der Waals surface area contributed by atoms with Gasteiger partial charge in [0.1, 0.15) is 5.03 Å². The molecule has 0 saturated carbocycles. The molecule has 0 radical (unpaired) electrons. The normalized spacial score (nSPS) is 10.8. The zero-order chi connectivity index (χ0) is 16.1. The van der Waals surface area contributed by atoms with E-state index >= 15 is 0 Å². The second-order valence-corrected chi connectivity index (χ2v) is 6.99. The van der Waals surface area contributed by atoms with Crippen LogP contribution in [-0.2, 0) is 0 Å². The zero-order valence-electron chi connectivity index (χ0n) is 14.1. The van der Waals surface area contributed by atoms with Gasteiger partial charge in [-0.1, -0.05) is 48.5 Å². The number of aromatic nitrogens is 1. The lowest BCUT2D eigenvalue weighted by Gasteiger charge is -2.12. The number of hydrogen-bond donors (Lipinski definition) is 0. The molecule has 2 aromatic carbocycles. The Bertz CT molecular complexity index is 775. The lowest BCUT2D eigenvalue weighted by Crippen LogP contribution is -2.13. The molecule has 0 aliphatic rings. The van der Waals surface area contributed by atoms with Crippen LogP contribution in [0.25, 0.3) is 22.0 Å². The Kier molecular flexibility index (Phi) is 7.10. The smallest absolute Gasteiger partial charge is 0.105 e. The van der Waals surface area contributed by atoms with Gasteiger partial charge in [0.15, 0.2) is 0 Å². The van der Waals surface area contributed by atoms with Crippen LogP contribution >= 0.6 is 24.2 Å². The van der Waals surface area contributed by atoms with Crippen LogP contribution in [0.5, 0.6) is 0 Å². The van der Waals surface area contributed by atoms with Crippen molar-refractivity contribution in [1.29, 1.82) is 0 Å². The molecule has 126 valence electrons. The van der Waals surface area contributed by atoms with Crippen molar-refractivity contribution in [2.45, 2.75) is 11.4 Å². The van der Waals surface area contributed by atoms with E-state index in [-0.39, 0.29) is 12.4 Å². The lowest BCUT2D eigenvalue weighted by atomic mass is 10.1. The average molecular weight is 359 g/mol. The largest absolute Gasteiger partial charge is 0.309 e. The predicted octanol–water partition coefficient (Wildman–Crippen LogP) is 5.37. The maximum atomic E-state index is 4.92. The lowest BCUT2D eigenvalue weighted by molar-refractivity contribution is 0.410. The fraction of sp³-hybridized carbons (Fsp3) is 0.250. The topological polar surface area (TPSA) is 16.1 Å². The third kappa shape index (κ3) is 4.73. The molecule has 0 saturated heterocycles. The van der Waals surface area contributed by atoms with E-state index in [2.05, 4.69) is 79.7 Å². The first-order valence-electron chi connectivity index (χ1n) is 7.97. The van der Waals surface area contributed by atoms with E-state index < -0.39 is 0 Å². The summed E-state index contributed by atoms with van der Waals surface area (Å²) in [5.74, 6) is 1.09. The number of hydrogen-bond acceptors (Lipinski definition) is 3. The molecule has 0 fully saturated rings. The molecule has 0 aliphatic carbocycles. The quantitative estimate of drug-likeness (QED) is 0.435. The summed E-state index contributed by atoms with van der Waals surface area (Å²) in [6, 6.07) is 21.2. The first-order chi connectivity index (χ1) is 11.2. The van der Waals surface area contributed by atoms with Gasteiger partial charge in [-0.2, -0.15) is 0 Å². The van der Waals surface area contributed by atoms with E-state index in [4.69, 9.17) is 4.98 Å². The fourth-order valence-electron chi connectivity index (χ4n) is 2.58. The van der Waals surface area contributed by atoms with Crippen LogP contribution < -0.4 is 0 Å². The van der Waals surface area contributed by atoms with Crippen LogP contribution in [0.2, 0.25) is 0 Å². The molecule has 0 unspecified atom stereocenters. The van der Waals surface area contributed by atoms with Crippen molar-refractivity contribution in [3.8, 4) is 11.1 Å². The highest BCUT2D eigenvalue weighted by atomic mass is 35.5. The molecule has 3 rings (SSSR count). The van der Waals surface area contributed by atoms with E-state index in [1.165, 1.54) is 22.9 Å². The van der Waals surface area contributed by atoms with Crippen molar-refractivity contribution in [3.63, 3.8) is 0 Å². The van der Waals surface area contributed by atoms with E-state index in [0.717, 1.165) is 22.8 Å². The highest BCUT2D eigenvalue weighted by molar-refractivity contribution is 7.99. The summed E-state index contributed by atoms with van der Waals surface area (Å²) < 4.78 is 0. The molecule has 0 bridgehead atoms. The van der Waals surface area contributed by atoms with E-state index in [1.54, 1.807) is 0 Å². The summed E-state index contributed by atoms with van der Waals surface area (Å²) in [5, 5.41) is 2.33. The van der Waals surface area contributed by atoms with Crippen LogP contribution in [0.1, 0.15) is 6.42 Å². The summed E-state index contributed by atoms with van der Waals surface area (Å²) in [4.78, 5) is 7.15. The van der Waals surface area contributed by atoms with Gasteiger partial charge in [0.2, 0.25) is 0 Å². The second kappa shape index (κ2) is 9.07. The number of rotatable bonds is 6. The second-order valence-electron chi connectivity index (χ2n) is 5.91. The van der Waals surface area contributed by atoms with Gasteiger partial charge < -0.3 is 4.90 Å². The van der Waals surface area contributed by atoms with Gasteiger partial charge in [0.05, 0.1) is 5.52 Å². The standard InChI is InChI=1S/C20H22N2S.ClH/c1-22(2)13-8-14-23-20-18(16-9-4-3-5-10-16)15-17-11-6-7-12-19(17)21-20;/h3-7,9-12,15H,8,13-14H2,1-2H3;1H. The van der Waals surface area contributed by atoms with Crippen LogP contribution in [0.15, 0.2) is 65.7 Å². The first-order valence-corrected chi connectivity index (χ1v) is 8.95. The van der Waals surface area contributed by atoms with Gasteiger partial charge in [-0.25, -0.2) is 4.98 Å². The van der Waals surface area contributed by atoms with Crippen molar-refractivity contribution in [2.75, 3.05) is 26.4 Å². The molecule has 1 aromatic heterocycles. The number of benzene rings is 2. The molecular formula is C20H23ClN2S. The Morgan fingerprint density at radius 2 is 1.67 bits per heavy atom. The third-order valence-corrected chi connectivity index (χ3v) is 4.84. The van der Waals surface area contributed by atoms with Crippen molar-refractivity contribution in [1.82, 2.24) is 9.88 Å². The van der Waals surface area contributed by atoms with Gasteiger partial charge in [-0.3, -0.25) is 0 Å². The number of halogens is 1. The Morgan fingerprint density at radius 3 is 2.42 bits per heavy atom. The van der Waals surface area contributed by atoms with Crippen molar-refractivity contribution < 1.29 is 0 Å². The minimum Gasteiger partial charge on any atom is -0.309 e. The molecule has 2 nitrogen and oxygen atoms in total. The number of nitrogens with zero attached hydrogens (tertiary/aromatic N) is 2. The van der Waals surface area contributed by atoms with Gasteiger partial charge in [0, 0.05) is 16.7 Å². The highest BCUT2D eigenvalue weighted by Gasteiger charge is 2.09. The van der Waals surface area contributed by atoms with Gasteiger partial charge >= 0.3 is 0 Å². The summed E-state index contributed by atoms with van der Waals surface area (Å²) in [7, 11) is 4.24. The summed E-state index contributed by atoms with van der Waals surface area (Å²) in [6.45, 7) is 1.11. The molecule has 3 aromatic rings. The Balaban J connectivity index is 0.00000208. The third-order valence-electron chi connectivity index (χ3n) is 3.76. The number of thioether (sulfide) groups is 1. The number of pyridine rings is 1.